The molecule has 1 aromatic heterocycles. The fraction of sp³-hybridized carbons (Fsp3) is 0.250. The molecule has 2 heterocycles. The van der Waals surface area contributed by atoms with Crippen molar-refractivity contribution in [2.75, 3.05) is 19.0 Å². The van der Waals surface area contributed by atoms with Gasteiger partial charge in [-0.05, 0) is 43.3 Å². The quantitative estimate of drug-likeness (QED) is 0.611. The summed E-state index contributed by atoms with van der Waals surface area (Å²) < 4.78 is 22.3. The Kier molecular flexibility index (Phi) is 5.57. The monoisotopic (exact) mass is 413 g/mol. The van der Waals surface area contributed by atoms with Gasteiger partial charge in [0.25, 0.3) is 11.1 Å². The smallest absolute Gasteiger partial charge is 0.277 e. The van der Waals surface area contributed by atoms with Gasteiger partial charge in [-0.25, -0.2) is 0 Å². The molecule has 29 heavy (non-hydrogen) atoms. The lowest BCUT2D eigenvalue weighted by molar-refractivity contribution is -0.115. The molecular weight excluding hydrogens is 394 g/mol. The van der Waals surface area contributed by atoms with Gasteiger partial charge in [-0.15, -0.1) is 10.2 Å². The Morgan fingerprint density at radius 1 is 1.17 bits per heavy atom. The van der Waals surface area contributed by atoms with Gasteiger partial charge < -0.3 is 23.9 Å². The van der Waals surface area contributed by atoms with E-state index in [2.05, 4.69) is 15.5 Å². The minimum Gasteiger partial charge on any atom is -0.497 e. The Bertz CT molecular complexity index is 992. The van der Waals surface area contributed by atoms with E-state index in [1.165, 1.54) is 11.8 Å². The first-order valence-corrected chi connectivity index (χ1v) is 9.84. The zero-order chi connectivity index (χ0) is 20.2. The molecule has 0 unspecified atom stereocenters. The summed E-state index contributed by atoms with van der Waals surface area (Å²) in [5.74, 6) is 2.17. The van der Waals surface area contributed by atoms with Crippen molar-refractivity contribution in [3.63, 3.8) is 0 Å². The molecule has 0 saturated heterocycles. The molecule has 0 saturated carbocycles. The molecule has 1 aliphatic rings. The minimum absolute atomic E-state index is 0.175. The van der Waals surface area contributed by atoms with E-state index in [9.17, 15) is 4.79 Å². The lowest BCUT2D eigenvalue weighted by Crippen LogP contribution is -2.22. The van der Waals surface area contributed by atoms with Crippen LogP contribution in [-0.2, 0) is 4.79 Å². The van der Waals surface area contributed by atoms with Crippen molar-refractivity contribution in [2.45, 2.75) is 23.5 Å². The molecule has 8 nitrogen and oxygen atoms in total. The van der Waals surface area contributed by atoms with E-state index >= 15 is 0 Å². The number of hydrogen-bond donors (Lipinski definition) is 1. The molecule has 150 valence electrons. The van der Waals surface area contributed by atoms with Gasteiger partial charge in [-0.3, -0.25) is 4.79 Å². The van der Waals surface area contributed by atoms with Crippen molar-refractivity contribution in [3.8, 4) is 17.2 Å². The van der Waals surface area contributed by atoms with E-state index < -0.39 is 11.4 Å². The van der Waals surface area contributed by atoms with Gasteiger partial charge in [-0.2, -0.15) is 0 Å². The number of nitrogens with zero attached hydrogens (tertiary/aromatic N) is 2. The lowest BCUT2D eigenvalue weighted by Gasteiger charge is -2.23. The number of carbonyl (C=O) groups excluding carboxylic acids is 1. The highest BCUT2D eigenvalue weighted by molar-refractivity contribution is 8.00. The molecule has 1 aliphatic heterocycles. The van der Waals surface area contributed by atoms with Crippen LogP contribution in [0.1, 0.15) is 18.9 Å². The summed E-state index contributed by atoms with van der Waals surface area (Å²) in [5.41, 5.74) is 0.681. The maximum Gasteiger partial charge on any atom is 0.277 e. The number of hydrogen-bond acceptors (Lipinski definition) is 8. The molecule has 1 amide bonds. The summed E-state index contributed by atoms with van der Waals surface area (Å²) in [7, 11) is 1.59. The predicted octanol–water partition coefficient (Wildman–Crippen LogP) is 3.71. The number of nitrogens with one attached hydrogen (secondary N) is 1. The molecule has 0 bridgehead atoms. The zero-order valence-electron chi connectivity index (χ0n) is 15.8. The van der Waals surface area contributed by atoms with Crippen LogP contribution in [0.3, 0.4) is 0 Å². The van der Waals surface area contributed by atoms with Gasteiger partial charge in [0.1, 0.15) is 12.4 Å². The summed E-state index contributed by atoms with van der Waals surface area (Å²) in [6, 6.07) is 14.5. The van der Waals surface area contributed by atoms with Gasteiger partial charge in [0, 0.05) is 5.69 Å². The standard InChI is InChI=1S/C20H19N3O5S/c1-12(18(24)21-13-7-9-14(25-2)10-8-13)29-20-23-22-19(28-20)17-11-26-15-5-3-4-6-16(15)27-17/h3-10,12,17H,11H2,1-2H3,(H,21,24)/t12-,17-/m0/s1. The first kappa shape index (κ1) is 19.1. The number of para-hydroxylation sites is 2. The highest BCUT2D eigenvalue weighted by Gasteiger charge is 2.28. The van der Waals surface area contributed by atoms with E-state index in [-0.39, 0.29) is 12.5 Å². The third-order valence-corrected chi connectivity index (χ3v) is 5.14. The molecule has 0 fully saturated rings. The second kappa shape index (κ2) is 8.44. The van der Waals surface area contributed by atoms with Gasteiger partial charge in [0.15, 0.2) is 11.5 Å². The maximum atomic E-state index is 12.4. The van der Waals surface area contributed by atoms with E-state index in [0.29, 0.717) is 28.3 Å². The van der Waals surface area contributed by atoms with E-state index in [1.807, 2.05) is 24.3 Å². The predicted molar refractivity (Wildman–Crippen MR) is 107 cm³/mol. The van der Waals surface area contributed by atoms with Crippen molar-refractivity contribution >= 4 is 23.4 Å². The van der Waals surface area contributed by atoms with Crippen LogP contribution in [0.4, 0.5) is 5.69 Å². The third-order valence-electron chi connectivity index (χ3n) is 4.21. The molecule has 0 radical (unpaired) electrons. The molecule has 0 aliphatic carbocycles. The van der Waals surface area contributed by atoms with Crippen molar-refractivity contribution in [2.24, 2.45) is 0 Å². The second-order valence-electron chi connectivity index (χ2n) is 6.25. The number of fused-ring (bicyclic) bond motifs is 1. The van der Waals surface area contributed by atoms with Crippen molar-refractivity contribution in [1.29, 1.82) is 0 Å². The van der Waals surface area contributed by atoms with E-state index in [1.54, 1.807) is 38.3 Å². The average molecular weight is 413 g/mol. The Labute approximate surface area is 171 Å². The van der Waals surface area contributed by atoms with Crippen LogP contribution in [0.5, 0.6) is 17.2 Å². The van der Waals surface area contributed by atoms with Crippen LogP contribution in [0, 0.1) is 0 Å². The number of amides is 1. The number of carbonyl (C=O) groups is 1. The minimum atomic E-state index is -0.491. The summed E-state index contributed by atoms with van der Waals surface area (Å²) in [6.45, 7) is 2.04. The number of methoxy groups -OCH3 is 1. The highest BCUT2D eigenvalue weighted by atomic mass is 32.2. The van der Waals surface area contributed by atoms with Crippen LogP contribution in [0.25, 0.3) is 0 Å². The Hall–Kier alpha value is -3.20. The van der Waals surface area contributed by atoms with Gasteiger partial charge in [-0.1, -0.05) is 23.9 Å². The van der Waals surface area contributed by atoms with Gasteiger partial charge in [0.2, 0.25) is 12.0 Å². The average Bonchev–Trinajstić information content (AvgIpc) is 3.22. The maximum absolute atomic E-state index is 12.4. The topological polar surface area (TPSA) is 95.7 Å². The first-order chi connectivity index (χ1) is 14.1. The molecule has 0 spiro atoms. The second-order valence-corrected chi connectivity index (χ2v) is 7.54. The van der Waals surface area contributed by atoms with Crippen LogP contribution >= 0.6 is 11.8 Å². The summed E-state index contributed by atoms with van der Waals surface area (Å²) in [5, 5.41) is 10.8. The number of ether oxygens (including phenoxy) is 3. The van der Waals surface area contributed by atoms with Crippen LogP contribution in [0.2, 0.25) is 0 Å². The molecule has 2 aromatic carbocycles. The largest absolute Gasteiger partial charge is 0.497 e. The molecule has 2 atom stereocenters. The molecule has 3 aromatic rings. The number of thioether (sulfide) groups is 1. The molecule has 9 heteroatoms. The number of rotatable bonds is 6. The van der Waals surface area contributed by atoms with Crippen molar-refractivity contribution in [1.82, 2.24) is 10.2 Å². The normalized spacial score (nSPS) is 16.1. The zero-order valence-corrected chi connectivity index (χ0v) is 16.6. The summed E-state index contributed by atoms with van der Waals surface area (Å²) >= 11 is 1.18. The number of benzene rings is 2. The fourth-order valence-electron chi connectivity index (χ4n) is 2.66. The van der Waals surface area contributed by atoms with Crippen LogP contribution < -0.4 is 19.5 Å². The SMILES string of the molecule is COc1ccc(NC(=O)[C@H](C)Sc2nnc([C@@H]3COc4ccccc4O3)o2)cc1. The number of anilines is 1. The number of aromatic nitrogens is 2. The lowest BCUT2D eigenvalue weighted by atomic mass is 10.2. The summed E-state index contributed by atoms with van der Waals surface area (Å²) in [4.78, 5) is 12.4. The van der Waals surface area contributed by atoms with E-state index in [0.717, 1.165) is 5.75 Å². The molecular formula is C20H19N3O5S. The fourth-order valence-corrected chi connectivity index (χ4v) is 3.35. The summed E-state index contributed by atoms with van der Waals surface area (Å²) in [6.07, 6.45) is -0.491. The first-order valence-electron chi connectivity index (χ1n) is 8.96. The Morgan fingerprint density at radius 3 is 2.69 bits per heavy atom. The van der Waals surface area contributed by atoms with Crippen molar-refractivity contribution < 1.29 is 23.4 Å². The molecule has 4 rings (SSSR count). The van der Waals surface area contributed by atoms with Gasteiger partial charge >= 0.3 is 0 Å². The van der Waals surface area contributed by atoms with Crippen molar-refractivity contribution in [3.05, 3.63) is 54.4 Å². The Morgan fingerprint density at radius 2 is 1.93 bits per heavy atom. The Balaban J connectivity index is 1.35. The van der Waals surface area contributed by atoms with Crippen LogP contribution in [-0.4, -0.2) is 35.1 Å². The van der Waals surface area contributed by atoms with E-state index in [4.69, 9.17) is 18.6 Å². The third kappa shape index (κ3) is 4.45. The molecule has 1 N–H and O–H groups in total. The van der Waals surface area contributed by atoms with Crippen LogP contribution in [0.15, 0.2) is 58.2 Å². The van der Waals surface area contributed by atoms with Gasteiger partial charge in [0.05, 0.1) is 12.4 Å². The highest BCUT2D eigenvalue weighted by Crippen LogP contribution is 2.36.